The van der Waals surface area contributed by atoms with Crippen LogP contribution in [0.3, 0.4) is 0 Å². The van der Waals surface area contributed by atoms with E-state index in [0.29, 0.717) is 12.8 Å². The molecule has 1 heterocycles. The van der Waals surface area contributed by atoms with Crippen LogP contribution in [0.4, 0.5) is 0 Å². The Bertz CT molecular complexity index is 471. The highest BCUT2D eigenvalue weighted by molar-refractivity contribution is 6.05. The molecule has 1 aliphatic heterocycles. The molecule has 0 unspecified atom stereocenters. The lowest BCUT2D eigenvalue weighted by Gasteiger charge is -2.35. The zero-order valence-electron chi connectivity index (χ0n) is 13.0. The van der Waals surface area contributed by atoms with Gasteiger partial charge >= 0.3 is 0 Å². The SMILES string of the molecule is CCCC[C@@H](O)C1=C(C)C[C@H]2C(=O)N(C)C(=O)[C@H]2[C@H]1CO. The molecule has 0 spiro atoms. The summed E-state index contributed by atoms with van der Waals surface area (Å²) in [5.74, 6) is -1.71. The molecule has 2 rings (SSSR count). The van der Waals surface area contributed by atoms with Gasteiger partial charge in [0.1, 0.15) is 0 Å². The van der Waals surface area contributed by atoms with E-state index in [1.165, 1.54) is 11.9 Å². The monoisotopic (exact) mass is 295 g/mol. The van der Waals surface area contributed by atoms with Crippen molar-refractivity contribution in [2.45, 2.75) is 45.6 Å². The Labute approximate surface area is 125 Å². The summed E-state index contributed by atoms with van der Waals surface area (Å²) in [4.78, 5) is 25.6. The molecule has 0 aromatic rings. The molecule has 4 atom stereocenters. The highest BCUT2D eigenvalue weighted by Crippen LogP contribution is 2.45. The molecule has 2 amide bonds. The molecule has 0 saturated carbocycles. The summed E-state index contributed by atoms with van der Waals surface area (Å²) in [5, 5.41) is 20.2. The van der Waals surface area contributed by atoms with E-state index in [-0.39, 0.29) is 24.3 Å². The van der Waals surface area contributed by atoms with Crippen LogP contribution >= 0.6 is 0 Å². The van der Waals surface area contributed by atoms with E-state index in [1.807, 2.05) is 6.92 Å². The number of amides is 2. The van der Waals surface area contributed by atoms with E-state index in [4.69, 9.17) is 0 Å². The van der Waals surface area contributed by atoms with Crippen LogP contribution in [0.1, 0.15) is 39.5 Å². The van der Waals surface area contributed by atoms with Crippen molar-refractivity contribution in [2.24, 2.45) is 17.8 Å². The number of aliphatic hydroxyl groups excluding tert-OH is 2. The van der Waals surface area contributed by atoms with Gasteiger partial charge in [0, 0.05) is 13.0 Å². The van der Waals surface area contributed by atoms with Gasteiger partial charge in [0.15, 0.2) is 0 Å². The molecule has 0 aromatic carbocycles. The number of hydrogen-bond donors (Lipinski definition) is 2. The first-order valence-corrected chi connectivity index (χ1v) is 7.73. The van der Waals surface area contributed by atoms with Crippen molar-refractivity contribution in [1.29, 1.82) is 0 Å². The van der Waals surface area contributed by atoms with Gasteiger partial charge in [0.25, 0.3) is 0 Å². The molecule has 118 valence electrons. The number of carbonyl (C=O) groups excluding carboxylic acids is 2. The third kappa shape index (κ3) is 2.64. The average molecular weight is 295 g/mol. The van der Waals surface area contributed by atoms with Gasteiger partial charge in [-0.15, -0.1) is 0 Å². The molecule has 1 fully saturated rings. The zero-order valence-corrected chi connectivity index (χ0v) is 13.0. The Balaban J connectivity index is 2.33. The van der Waals surface area contributed by atoms with Crippen molar-refractivity contribution in [2.75, 3.05) is 13.7 Å². The molecule has 2 aliphatic rings. The maximum atomic E-state index is 12.3. The average Bonchev–Trinajstić information content (AvgIpc) is 2.68. The lowest BCUT2D eigenvalue weighted by atomic mass is 9.68. The van der Waals surface area contributed by atoms with Crippen LogP contribution in [0.2, 0.25) is 0 Å². The number of carbonyl (C=O) groups is 2. The zero-order chi connectivity index (χ0) is 15.7. The number of aliphatic hydroxyl groups is 2. The quantitative estimate of drug-likeness (QED) is 0.588. The van der Waals surface area contributed by atoms with Crippen molar-refractivity contribution < 1.29 is 19.8 Å². The van der Waals surface area contributed by atoms with Crippen molar-refractivity contribution in [3.05, 3.63) is 11.1 Å². The van der Waals surface area contributed by atoms with Crippen molar-refractivity contribution >= 4 is 11.8 Å². The predicted octanol–water partition coefficient (Wildman–Crippen LogP) is 1.10. The number of allylic oxidation sites excluding steroid dienone is 1. The van der Waals surface area contributed by atoms with Gasteiger partial charge in [-0.3, -0.25) is 14.5 Å². The first kappa shape index (κ1) is 16.2. The minimum absolute atomic E-state index is 0.162. The Morgan fingerprint density at radius 2 is 2.00 bits per heavy atom. The number of unbranched alkanes of at least 4 members (excludes halogenated alkanes) is 1. The molecule has 5 heteroatoms. The van der Waals surface area contributed by atoms with Crippen molar-refractivity contribution in [3.8, 4) is 0 Å². The fourth-order valence-corrected chi connectivity index (χ4v) is 3.83. The standard InChI is InChI=1S/C16H25NO4/c1-4-5-6-12(19)13-9(2)7-10-14(11(13)8-18)16(21)17(3)15(10)20/h10-12,14,18-19H,4-8H2,1-3H3/t10-,11+,12-,14-/m1/s1. The minimum atomic E-state index is -0.628. The number of rotatable bonds is 5. The number of fused-ring (bicyclic) bond motifs is 1. The topological polar surface area (TPSA) is 77.8 Å². The van der Waals surface area contributed by atoms with Crippen LogP contribution in [0.25, 0.3) is 0 Å². The lowest BCUT2D eigenvalue weighted by Crippen LogP contribution is -2.38. The molecular formula is C16H25NO4. The normalized spacial score (nSPS) is 30.9. The molecule has 0 bridgehead atoms. The fourth-order valence-electron chi connectivity index (χ4n) is 3.83. The van der Waals surface area contributed by atoms with Gasteiger partial charge < -0.3 is 10.2 Å². The van der Waals surface area contributed by atoms with E-state index in [2.05, 4.69) is 6.92 Å². The van der Waals surface area contributed by atoms with Crippen LogP contribution in [0.5, 0.6) is 0 Å². The van der Waals surface area contributed by atoms with E-state index >= 15 is 0 Å². The van der Waals surface area contributed by atoms with Gasteiger partial charge in [-0.05, 0) is 25.3 Å². The molecule has 1 aliphatic carbocycles. The summed E-state index contributed by atoms with van der Waals surface area (Å²) in [6.45, 7) is 3.76. The Hall–Kier alpha value is -1.20. The van der Waals surface area contributed by atoms with Gasteiger partial charge in [-0.1, -0.05) is 25.3 Å². The summed E-state index contributed by atoms with van der Waals surface area (Å²) >= 11 is 0. The number of likely N-dealkylation sites (tertiary alicyclic amines) is 1. The van der Waals surface area contributed by atoms with E-state index in [1.54, 1.807) is 0 Å². The second-order valence-electron chi connectivity index (χ2n) is 6.25. The number of nitrogens with zero attached hydrogens (tertiary/aromatic N) is 1. The highest BCUT2D eigenvalue weighted by Gasteiger charge is 2.53. The Morgan fingerprint density at radius 1 is 1.33 bits per heavy atom. The Morgan fingerprint density at radius 3 is 2.57 bits per heavy atom. The maximum absolute atomic E-state index is 12.3. The molecule has 21 heavy (non-hydrogen) atoms. The molecule has 0 radical (unpaired) electrons. The number of imide groups is 1. The summed E-state index contributed by atoms with van der Waals surface area (Å²) in [6, 6.07) is 0. The summed E-state index contributed by atoms with van der Waals surface area (Å²) in [6.07, 6.45) is 2.40. The number of hydrogen-bond acceptors (Lipinski definition) is 4. The van der Waals surface area contributed by atoms with Gasteiger partial charge in [0.05, 0.1) is 24.5 Å². The summed E-state index contributed by atoms with van der Waals surface area (Å²) < 4.78 is 0. The smallest absolute Gasteiger partial charge is 0.233 e. The van der Waals surface area contributed by atoms with Crippen LogP contribution in [-0.2, 0) is 9.59 Å². The van der Waals surface area contributed by atoms with E-state index < -0.39 is 17.9 Å². The predicted molar refractivity (Wildman–Crippen MR) is 78.2 cm³/mol. The molecule has 5 nitrogen and oxygen atoms in total. The second kappa shape index (κ2) is 6.28. The van der Waals surface area contributed by atoms with E-state index in [0.717, 1.165) is 24.0 Å². The van der Waals surface area contributed by atoms with Crippen LogP contribution in [0.15, 0.2) is 11.1 Å². The first-order valence-electron chi connectivity index (χ1n) is 7.73. The van der Waals surface area contributed by atoms with Crippen LogP contribution < -0.4 is 0 Å². The third-order valence-corrected chi connectivity index (χ3v) is 4.94. The Kier molecular flexibility index (Phi) is 4.84. The van der Waals surface area contributed by atoms with Gasteiger partial charge in [-0.2, -0.15) is 0 Å². The van der Waals surface area contributed by atoms with Crippen molar-refractivity contribution in [3.63, 3.8) is 0 Å². The minimum Gasteiger partial charge on any atom is -0.396 e. The van der Waals surface area contributed by atoms with Crippen LogP contribution in [-0.4, -0.2) is 46.7 Å². The van der Waals surface area contributed by atoms with Gasteiger partial charge in [0.2, 0.25) is 11.8 Å². The molecule has 0 aromatic heterocycles. The molecular weight excluding hydrogens is 270 g/mol. The second-order valence-corrected chi connectivity index (χ2v) is 6.25. The highest BCUT2D eigenvalue weighted by atomic mass is 16.3. The maximum Gasteiger partial charge on any atom is 0.233 e. The largest absolute Gasteiger partial charge is 0.396 e. The van der Waals surface area contributed by atoms with E-state index in [9.17, 15) is 19.8 Å². The summed E-state index contributed by atoms with van der Waals surface area (Å²) in [7, 11) is 1.50. The lowest BCUT2D eigenvalue weighted by molar-refractivity contribution is -0.138. The molecule has 2 N–H and O–H groups in total. The fraction of sp³-hybridized carbons (Fsp3) is 0.750. The molecule has 1 saturated heterocycles. The third-order valence-electron chi connectivity index (χ3n) is 4.94. The first-order chi connectivity index (χ1) is 9.93. The van der Waals surface area contributed by atoms with Crippen LogP contribution in [0, 0.1) is 17.8 Å². The van der Waals surface area contributed by atoms with Crippen molar-refractivity contribution in [1.82, 2.24) is 4.90 Å². The van der Waals surface area contributed by atoms with Gasteiger partial charge in [-0.25, -0.2) is 0 Å². The summed E-state index contributed by atoms with van der Waals surface area (Å²) in [5.41, 5.74) is 1.74.